The van der Waals surface area contributed by atoms with E-state index in [9.17, 15) is 8.42 Å². The van der Waals surface area contributed by atoms with Crippen LogP contribution < -0.4 is 0 Å². The Labute approximate surface area is 138 Å². The van der Waals surface area contributed by atoms with Crippen molar-refractivity contribution in [1.82, 2.24) is 23.9 Å². The molecule has 7 nitrogen and oxygen atoms in total. The lowest BCUT2D eigenvalue weighted by Crippen LogP contribution is -2.30. The summed E-state index contributed by atoms with van der Waals surface area (Å²) in [6.07, 6.45) is 2.84. The van der Waals surface area contributed by atoms with E-state index in [2.05, 4.69) is 15.2 Å². The van der Waals surface area contributed by atoms with Gasteiger partial charge in [-0.05, 0) is 24.6 Å². The Morgan fingerprint density at radius 3 is 2.61 bits per heavy atom. The van der Waals surface area contributed by atoms with Crippen LogP contribution in [0.3, 0.4) is 0 Å². The highest BCUT2D eigenvalue weighted by Crippen LogP contribution is 2.26. The van der Waals surface area contributed by atoms with Crippen LogP contribution in [0.5, 0.6) is 0 Å². The van der Waals surface area contributed by atoms with E-state index in [-0.39, 0.29) is 11.1 Å². The van der Waals surface area contributed by atoms with Crippen LogP contribution in [0.1, 0.15) is 18.5 Å². The monoisotopic (exact) mass is 351 g/mol. The Hall–Kier alpha value is -2.03. The molecule has 0 radical (unpaired) electrons. The van der Waals surface area contributed by atoms with Gasteiger partial charge in [-0.1, -0.05) is 23.7 Å². The summed E-state index contributed by atoms with van der Waals surface area (Å²) in [6, 6.07) is 8.09. The number of hydrogen-bond donors (Lipinski definition) is 0. The van der Waals surface area contributed by atoms with E-state index in [1.165, 1.54) is 30.1 Å². The van der Waals surface area contributed by atoms with Crippen LogP contribution in [0, 0.1) is 0 Å². The number of nitrogens with zero attached hydrogens (tertiary/aromatic N) is 5. The molecule has 0 unspecified atom stereocenters. The van der Waals surface area contributed by atoms with E-state index in [1.54, 1.807) is 35.6 Å². The first-order valence-corrected chi connectivity index (χ1v) is 8.60. The highest BCUT2D eigenvalue weighted by atomic mass is 35.5. The normalized spacial score (nSPS) is 13.6. The van der Waals surface area contributed by atoms with Gasteiger partial charge < -0.3 is 0 Å². The van der Waals surface area contributed by atoms with Crippen LogP contribution in [-0.4, -0.2) is 39.4 Å². The number of sulfonamides is 1. The maximum atomic E-state index is 12.8. The maximum absolute atomic E-state index is 12.8. The zero-order valence-electron chi connectivity index (χ0n) is 12.5. The molecule has 3 rings (SSSR count). The zero-order valence-corrected chi connectivity index (χ0v) is 14.0. The Kier molecular flexibility index (Phi) is 4.05. The molecule has 120 valence electrons. The minimum absolute atomic E-state index is 0.0682. The summed E-state index contributed by atoms with van der Waals surface area (Å²) in [6.45, 7) is 1.80. The molecular weight excluding hydrogens is 338 g/mol. The average molecular weight is 352 g/mol. The molecule has 0 saturated carbocycles. The third kappa shape index (κ3) is 2.92. The molecule has 0 bridgehead atoms. The van der Waals surface area contributed by atoms with Gasteiger partial charge in [0.15, 0.2) is 10.7 Å². The predicted molar refractivity (Wildman–Crippen MR) is 85.6 cm³/mol. The van der Waals surface area contributed by atoms with Crippen LogP contribution >= 0.6 is 11.6 Å². The van der Waals surface area contributed by atoms with Crippen molar-refractivity contribution in [3.05, 3.63) is 53.6 Å². The summed E-state index contributed by atoms with van der Waals surface area (Å²) in [7, 11) is -2.24. The highest BCUT2D eigenvalue weighted by Gasteiger charge is 2.28. The lowest BCUT2D eigenvalue weighted by atomic mass is 10.1. The van der Waals surface area contributed by atoms with Gasteiger partial charge >= 0.3 is 0 Å². The van der Waals surface area contributed by atoms with Crippen molar-refractivity contribution in [1.29, 1.82) is 0 Å². The van der Waals surface area contributed by atoms with E-state index < -0.39 is 10.0 Å². The smallest absolute Gasteiger partial charge is 0.261 e. The first kappa shape index (κ1) is 15.9. The molecule has 0 fully saturated rings. The molecule has 0 aliphatic carbocycles. The largest absolute Gasteiger partial charge is 0.272 e. The van der Waals surface area contributed by atoms with Crippen molar-refractivity contribution in [2.45, 2.75) is 18.0 Å². The molecule has 1 atom stereocenters. The third-order valence-electron chi connectivity index (χ3n) is 3.70. The van der Waals surface area contributed by atoms with Crippen LogP contribution in [0.25, 0.3) is 5.65 Å². The van der Waals surface area contributed by atoms with Crippen LogP contribution in [0.4, 0.5) is 0 Å². The average Bonchev–Trinajstić information content (AvgIpc) is 3.01. The molecule has 2 aromatic heterocycles. The summed E-state index contributed by atoms with van der Waals surface area (Å²) in [5.41, 5.74) is 1.26. The fraction of sp³-hybridized carbons (Fsp3) is 0.214. The molecule has 2 heterocycles. The summed E-state index contributed by atoms with van der Waals surface area (Å²) in [4.78, 5) is 3.99. The second-order valence-corrected chi connectivity index (χ2v) is 7.45. The standard InChI is InChI=1S/C14H14ClN5O2S/c1-10(11-3-5-12(15)6-4-11)19(2)23(21,22)14-7-13-18-17-9-20(13)8-16-14/h3-10H,1-2H3/t10-/m0/s1. The van der Waals surface area contributed by atoms with E-state index in [4.69, 9.17) is 11.6 Å². The van der Waals surface area contributed by atoms with Crippen molar-refractivity contribution in [3.63, 3.8) is 0 Å². The van der Waals surface area contributed by atoms with Gasteiger partial charge in [-0.25, -0.2) is 13.4 Å². The second kappa shape index (κ2) is 5.88. The quantitative estimate of drug-likeness (QED) is 0.673. The van der Waals surface area contributed by atoms with Crippen molar-refractivity contribution < 1.29 is 8.42 Å². The first-order chi connectivity index (χ1) is 10.9. The number of benzene rings is 1. The van der Waals surface area contributed by atoms with E-state index in [1.807, 2.05) is 0 Å². The summed E-state index contributed by atoms with van der Waals surface area (Å²) in [5, 5.41) is 8.09. The number of hydrogen-bond acceptors (Lipinski definition) is 5. The zero-order chi connectivity index (χ0) is 16.6. The van der Waals surface area contributed by atoms with Gasteiger partial charge in [-0.2, -0.15) is 4.31 Å². The third-order valence-corrected chi connectivity index (χ3v) is 5.78. The molecule has 0 N–H and O–H groups in total. The van der Waals surface area contributed by atoms with Crippen LogP contribution in [-0.2, 0) is 10.0 Å². The fourth-order valence-corrected chi connectivity index (χ4v) is 3.55. The van der Waals surface area contributed by atoms with E-state index in [0.717, 1.165) is 5.56 Å². The van der Waals surface area contributed by atoms with Crippen molar-refractivity contribution >= 4 is 27.3 Å². The highest BCUT2D eigenvalue weighted by molar-refractivity contribution is 7.89. The topological polar surface area (TPSA) is 80.5 Å². The molecule has 3 aromatic rings. The second-order valence-electron chi connectivity index (χ2n) is 5.07. The summed E-state index contributed by atoms with van der Waals surface area (Å²) < 4.78 is 28.3. The number of rotatable bonds is 4. The molecule has 0 spiro atoms. The Balaban J connectivity index is 1.95. The summed E-state index contributed by atoms with van der Waals surface area (Å²) >= 11 is 5.87. The lowest BCUT2D eigenvalue weighted by molar-refractivity contribution is 0.396. The fourth-order valence-electron chi connectivity index (χ4n) is 2.16. The summed E-state index contributed by atoms with van der Waals surface area (Å²) in [5.74, 6) is 0. The van der Waals surface area contributed by atoms with Gasteiger partial charge in [0, 0.05) is 24.2 Å². The number of halogens is 1. The molecular formula is C14H14ClN5O2S. The molecule has 0 saturated heterocycles. The van der Waals surface area contributed by atoms with Crippen molar-refractivity contribution in [3.8, 4) is 0 Å². The lowest BCUT2D eigenvalue weighted by Gasteiger charge is -2.24. The van der Waals surface area contributed by atoms with Crippen molar-refractivity contribution in [2.24, 2.45) is 0 Å². The first-order valence-electron chi connectivity index (χ1n) is 6.78. The predicted octanol–water partition coefficient (Wildman–Crippen LogP) is 2.16. The molecule has 1 aromatic carbocycles. The van der Waals surface area contributed by atoms with Gasteiger partial charge in [-0.15, -0.1) is 10.2 Å². The molecule has 0 aliphatic rings. The SMILES string of the molecule is C[C@@H](c1ccc(Cl)cc1)N(C)S(=O)(=O)c1cc2nncn2cn1. The number of fused-ring (bicyclic) bond motifs is 1. The number of aromatic nitrogens is 4. The van der Waals surface area contributed by atoms with E-state index in [0.29, 0.717) is 10.7 Å². The molecule has 23 heavy (non-hydrogen) atoms. The van der Waals surface area contributed by atoms with E-state index >= 15 is 0 Å². The van der Waals surface area contributed by atoms with Gasteiger partial charge in [-0.3, -0.25) is 4.40 Å². The minimum atomic E-state index is -3.76. The van der Waals surface area contributed by atoms with Gasteiger partial charge in [0.2, 0.25) is 0 Å². The molecule has 9 heteroatoms. The minimum Gasteiger partial charge on any atom is -0.272 e. The Bertz CT molecular complexity index is 939. The van der Waals surface area contributed by atoms with Gasteiger partial charge in [0.25, 0.3) is 10.0 Å². The van der Waals surface area contributed by atoms with Crippen LogP contribution in [0.2, 0.25) is 5.02 Å². The van der Waals surface area contributed by atoms with Gasteiger partial charge in [0.1, 0.15) is 12.7 Å². The van der Waals surface area contributed by atoms with Crippen molar-refractivity contribution in [2.75, 3.05) is 7.05 Å². The molecule has 0 aliphatic heterocycles. The molecule has 0 amide bonds. The maximum Gasteiger partial charge on any atom is 0.261 e. The van der Waals surface area contributed by atoms with Crippen LogP contribution in [0.15, 0.2) is 48.0 Å². The van der Waals surface area contributed by atoms with Gasteiger partial charge in [0.05, 0.1) is 0 Å². The Morgan fingerprint density at radius 2 is 1.91 bits per heavy atom. The Morgan fingerprint density at radius 1 is 1.22 bits per heavy atom.